The topological polar surface area (TPSA) is 111 Å². The third-order valence-electron chi connectivity index (χ3n) is 5.13. The summed E-state index contributed by atoms with van der Waals surface area (Å²) in [6.07, 6.45) is 5.62. The molecule has 1 saturated carbocycles. The van der Waals surface area contributed by atoms with E-state index < -0.39 is 10.9 Å². The van der Waals surface area contributed by atoms with Crippen molar-refractivity contribution in [3.8, 4) is 0 Å². The number of non-ortho nitro benzene ring substituents is 1. The van der Waals surface area contributed by atoms with Gasteiger partial charge in [0.05, 0.1) is 10.5 Å². The van der Waals surface area contributed by atoms with Crippen LogP contribution in [0, 0.1) is 19.7 Å². The molecule has 1 aliphatic carbocycles. The lowest BCUT2D eigenvalue weighted by molar-refractivity contribution is -0.384. The summed E-state index contributed by atoms with van der Waals surface area (Å²) in [7, 11) is 0. The molecule has 0 bridgehead atoms. The van der Waals surface area contributed by atoms with E-state index in [-0.39, 0.29) is 23.1 Å². The van der Waals surface area contributed by atoms with Gasteiger partial charge < -0.3 is 5.11 Å². The molecule has 0 amide bonds. The van der Waals surface area contributed by atoms with Crippen LogP contribution in [0.15, 0.2) is 30.6 Å². The van der Waals surface area contributed by atoms with Crippen molar-refractivity contribution in [1.82, 2.24) is 14.4 Å². The highest BCUT2D eigenvalue weighted by Gasteiger charge is 2.35. The lowest BCUT2D eigenvalue weighted by atomic mass is 9.71. The molecule has 8 nitrogen and oxygen atoms in total. The van der Waals surface area contributed by atoms with Gasteiger partial charge in [0.2, 0.25) is 0 Å². The Kier molecular flexibility index (Phi) is 4.96. The zero-order valence-electron chi connectivity index (χ0n) is 14.4. The predicted octanol–water partition coefficient (Wildman–Crippen LogP) is 4.33. The Morgan fingerprint density at radius 1 is 1.43 bits per heavy atom. The van der Waals surface area contributed by atoms with Gasteiger partial charge in [-0.15, -0.1) is 0 Å². The van der Waals surface area contributed by atoms with E-state index in [0.29, 0.717) is 17.1 Å². The number of nitrogens with zero attached hydrogens (tertiary/aromatic N) is 4. The Hall–Kier alpha value is -2.27. The van der Waals surface area contributed by atoms with Crippen LogP contribution in [0.5, 0.6) is 0 Å². The first-order valence-electron chi connectivity index (χ1n) is 8.53. The summed E-state index contributed by atoms with van der Waals surface area (Å²) in [6, 6.07) is 3.91. The third kappa shape index (κ3) is 3.32. The van der Waals surface area contributed by atoms with Gasteiger partial charge in [-0.25, -0.2) is 14.8 Å². The molecule has 1 aromatic carbocycles. The molecular weight excluding hydrogens is 499 g/mol. The van der Waals surface area contributed by atoms with Crippen LogP contribution in [0.1, 0.15) is 40.5 Å². The van der Waals surface area contributed by atoms with Crippen LogP contribution in [-0.2, 0) is 6.42 Å². The first-order chi connectivity index (χ1) is 13.3. The maximum atomic E-state index is 11.5. The maximum absolute atomic E-state index is 11.5. The van der Waals surface area contributed by atoms with Crippen LogP contribution < -0.4 is 0 Å². The summed E-state index contributed by atoms with van der Waals surface area (Å²) in [4.78, 5) is 30.7. The van der Waals surface area contributed by atoms with Gasteiger partial charge in [0.15, 0.2) is 5.15 Å². The number of halogens is 2. The lowest BCUT2D eigenvalue weighted by Crippen LogP contribution is -2.26. The van der Waals surface area contributed by atoms with Crippen LogP contribution in [-0.4, -0.2) is 30.4 Å². The molecule has 0 atom stereocenters. The number of fused-ring (bicyclic) bond motifs is 1. The standard InChI is InChI=1S/C18H14ClIN4O4/c19-15-14-16(20)22-17(23(14)4-3-21-15)11-6-9(7-11)5-10-8-12(24(27)28)1-2-13(10)18(25)26/h1-4,8-9,11H,5-7H2,(H,25,26). The van der Waals surface area contributed by atoms with Crippen molar-refractivity contribution in [3.05, 3.63) is 66.5 Å². The summed E-state index contributed by atoms with van der Waals surface area (Å²) in [6.45, 7) is 0. The number of nitro benzene ring substituents is 1. The average Bonchev–Trinajstić information content (AvgIpc) is 2.95. The first-order valence-corrected chi connectivity index (χ1v) is 9.99. The van der Waals surface area contributed by atoms with Crippen molar-refractivity contribution in [1.29, 1.82) is 0 Å². The number of benzene rings is 1. The van der Waals surface area contributed by atoms with E-state index in [1.165, 1.54) is 18.2 Å². The molecule has 4 rings (SSSR count). The maximum Gasteiger partial charge on any atom is 0.335 e. The smallest absolute Gasteiger partial charge is 0.335 e. The molecule has 0 aliphatic heterocycles. The van der Waals surface area contributed by atoms with Crippen molar-refractivity contribution in [2.75, 3.05) is 0 Å². The fraction of sp³-hybridized carbons (Fsp3) is 0.278. The van der Waals surface area contributed by atoms with Crippen LogP contribution in [0.4, 0.5) is 5.69 Å². The molecule has 2 heterocycles. The second-order valence-corrected chi connectivity index (χ2v) is 8.22. The minimum atomic E-state index is -1.07. The Morgan fingerprint density at radius 3 is 2.86 bits per heavy atom. The summed E-state index contributed by atoms with van der Waals surface area (Å²) < 4.78 is 2.75. The fourth-order valence-corrected chi connectivity index (χ4v) is 4.93. The summed E-state index contributed by atoms with van der Waals surface area (Å²) in [5.41, 5.74) is 1.31. The van der Waals surface area contributed by atoms with Gasteiger partial charge in [-0.1, -0.05) is 11.6 Å². The van der Waals surface area contributed by atoms with Crippen molar-refractivity contribution < 1.29 is 14.8 Å². The second kappa shape index (κ2) is 7.28. The molecule has 2 aromatic heterocycles. The van der Waals surface area contributed by atoms with Gasteiger partial charge in [0.25, 0.3) is 5.69 Å². The monoisotopic (exact) mass is 512 g/mol. The summed E-state index contributed by atoms with van der Waals surface area (Å²) >= 11 is 8.32. The number of imidazole rings is 1. The molecule has 1 aliphatic rings. The molecular formula is C18H14ClIN4O4. The molecule has 3 aromatic rings. The van der Waals surface area contributed by atoms with Gasteiger partial charge in [-0.05, 0) is 59.4 Å². The second-order valence-electron chi connectivity index (χ2n) is 6.84. The van der Waals surface area contributed by atoms with E-state index in [9.17, 15) is 20.0 Å². The Morgan fingerprint density at radius 2 is 2.18 bits per heavy atom. The van der Waals surface area contributed by atoms with Gasteiger partial charge in [0.1, 0.15) is 15.0 Å². The van der Waals surface area contributed by atoms with Crippen molar-refractivity contribution in [2.24, 2.45) is 5.92 Å². The first kappa shape index (κ1) is 19.1. The van der Waals surface area contributed by atoms with Gasteiger partial charge in [0, 0.05) is 30.4 Å². The number of nitro groups is 1. The number of carbonyl (C=O) groups is 1. The molecule has 0 unspecified atom stereocenters. The van der Waals surface area contributed by atoms with Crippen molar-refractivity contribution in [2.45, 2.75) is 25.2 Å². The van der Waals surface area contributed by atoms with Gasteiger partial charge in [-0.3, -0.25) is 14.5 Å². The van der Waals surface area contributed by atoms with Crippen molar-refractivity contribution >= 4 is 51.4 Å². The molecule has 0 spiro atoms. The Balaban J connectivity index is 1.54. The van der Waals surface area contributed by atoms with E-state index >= 15 is 0 Å². The third-order valence-corrected chi connectivity index (χ3v) is 6.16. The van der Waals surface area contributed by atoms with E-state index in [1.807, 2.05) is 10.6 Å². The zero-order chi connectivity index (χ0) is 20.0. The molecule has 1 N–H and O–H groups in total. The number of carboxylic acid groups (broad SMARTS) is 1. The quantitative estimate of drug-likeness (QED) is 0.309. The van der Waals surface area contributed by atoms with E-state index in [2.05, 4.69) is 32.6 Å². The summed E-state index contributed by atoms with van der Waals surface area (Å²) in [5, 5.41) is 20.8. The highest BCUT2D eigenvalue weighted by molar-refractivity contribution is 14.1. The molecule has 1 fully saturated rings. The average molecular weight is 513 g/mol. The Bertz CT molecular complexity index is 1110. The zero-order valence-corrected chi connectivity index (χ0v) is 17.3. The molecule has 28 heavy (non-hydrogen) atoms. The minimum Gasteiger partial charge on any atom is -0.478 e. The van der Waals surface area contributed by atoms with Gasteiger partial charge in [-0.2, -0.15) is 0 Å². The van der Waals surface area contributed by atoms with E-state index in [4.69, 9.17) is 11.6 Å². The predicted molar refractivity (Wildman–Crippen MR) is 110 cm³/mol. The number of aromatic nitrogens is 3. The highest BCUT2D eigenvalue weighted by atomic mass is 127. The molecule has 0 radical (unpaired) electrons. The van der Waals surface area contributed by atoms with Crippen LogP contribution >= 0.6 is 34.2 Å². The van der Waals surface area contributed by atoms with Crippen LogP contribution in [0.3, 0.4) is 0 Å². The Labute approximate surface area is 177 Å². The molecule has 0 saturated heterocycles. The normalized spacial score (nSPS) is 18.8. The van der Waals surface area contributed by atoms with E-state index in [1.54, 1.807) is 6.20 Å². The van der Waals surface area contributed by atoms with Crippen LogP contribution in [0.2, 0.25) is 5.15 Å². The van der Waals surface area contributed by atoms with Crippen molar-refractivity contribution in [3.63, 3.8) is 0 Å². The number of hydrogen-bond acceptors (Lipinski definition) is 5. The molecule has 144 valence electrons. The largest absolute Gasteiger partial charge is 0.478 e. The lowest BCUT2D eigenvalue weighted by Gasteiger charge is -2.34. The van der Waals surface area contributed by atoms with E-state index in [0.717, 1.165) is 27.9 Å². The number of hydrogen-bond donors (Lipinski definition) is 1. The summed E-state index contributed by atoms with van der Waals surface area (Å²) in [5.74, 6) is 0.313. The number of aromatic carboxylic acids is 1. The molecule has 10 heteroatoms. The van der Waals surface area contributed by atoms with Gasteiger partial charge >= 0.3 is 5.97 Å². The number of carboxylic acids is 1. The SMILES string of the molecule is O=C(O)c1ccc([N+](=O)[O-])cc1CC1CC(c2nc(I)c3c(Cl)nccn23)C1. The van der Waals surface area contributed by atoms with Crippen LogP contribution in [0.25, 0.3) is 5.52 Å². The fourth-order valence-electron chi connectivity index (χ4n) is 3.77. The highest BCUT2D eigenvalue weighted by Crippen LogP contribution is 2.44. The number of rotatable bonds is 5. The minimum absolute atomic E-state index is 0.0909.